The van der Waals surface area contributed by atoms with E-state index < -0.39 is 6.10 Å². The molecule has 0 bridgehead atoms. The number of hydrogen-bond donors (Lipinski definition) is 2. The second kappa shape index (κ2) is 8.66. The minimum absolute atomic E-state index is 0.00620. The molecule has 1 heterocycles. The Hall–Kier alpha value is -1.71. The molecule has 0 aliphatic heterocycles. The predicted octanol–water partition coefficient (Wildman–Crippen LogP) is 2.99. The van der Waals surface area contributed by atoms with E-state index in [0.717, 1.165) is 18.7 Å². The predicted molar refractivity (Wildman–Crippen MR) is 89.2 cm³/mol. The molecule has 2 rings (SSSR count). The monoisotopic (exact) mass is 299 g/mol. The lowest BCUT2D eigenvalue weighted by molar-refractivity contribution is -0.697. The van der Waals surface area contributed by atoms with Crippen LogP contribution in [0.2, 0.25) is 0 Å². The molecule has 2 N–H and O–H groups in total. The number of pyridine rings is 1. The summed E-state index contributed by atoms with van der Waals surface area (Å²) < 4.78 is 2.23. The summed E-state index contributed by atoms with van der Waals surface area (Å²) in [6, 6.07) is 14.0. The molecule has 0 aliphatic rings. The van der Waals surface area contributed by atoms with Crippen molar-refractivity contribution in [3.63, 3.8) is 0 Å². The van der Waals surface area contributed by atoms with E-state index in [1.807, 2.05) is 37.3 Å². The highest BCUT2D eigenvalue weighted by molar-refractivity contribution is 5.18. The quantitative estimate of drug-likeness (QED) is 0.735. The van der Waals surface area contributed by atoms with Gasteiger partial charge >= 0.3 is 0 Å². The summed E-state index contributed by atoms with van der Waals surface area (Å²) >= 11 is 0. The normalized spacial score (nSPS) is 13.8. The first-order valence-electron chi connectivity index (χ1n) is 8.15. The molecular formula is C19H27N2O+. The van der Waals surface area contributed by atoms with Gasteiger partial charge in [0.1, 0.15) is 6.54 Å². The van der Waals surface area contributed by atoms with E-state index >= 15 is 0 Å². The minimum Gasteiger partial charge on any atom is -0.387 e. The Kier molecular flexibility index (Phi) is 6.56. The van der Waals surface area contributed by atoms with Crippen molar-refractivity contribution >= 4 is 0 Å². The molecule has 3 nitrogen and oxygen atoms in total. The lowest BCUT2D eigenvalue weighted by Crippen LogP contribution is -2.35. The summed E-state index contributed by atoms with van der Waals surface area (Å²) in [5.74, 6) is 0. The Balaban J connectivity index is 1.89. The summed E-state index contributed by atoms with van der Waals surface area (Å²) in [4.78, 5) is 0. The molecule has 2 aromatic rings. The zero-order valence-electron chi connectivity index (χ0n) is 13.6. The van der Waals surface area contributed by atoms with Crippen LogP contribution in [0.25, 0.3) is 0 Å². The van der Waals surface area contributed by atoms with Gasteiger partial charge in [0.2, 0.25) is 0 Å². The van der Waals surface area contributed by atoms with Crippen LogP contribution in [-0.2, 0) is 13.1 Å². The SMILES string of the molecule is CCCC[n+]1cccc(CN[C@@H](C)[C@H](O)c2ccccc2)c1. The van der Waals surface area contributed by atoms with Crippen LogP contribution in [0, 0.1) is 0 Å². The van der Waals surface area contributed by atoms with Crippen molar-refractivity contribution in [1.82, 2.24) is 5.32 Å². The van der Waals surface area contributed by atoms with E-state index in [4.69, 9.17) is 0 Å². The van der Waals surface area contributed by atoms with E-state index in [-0.39, 0.29) is 6.04 Å². The highest BCUT2D eigenvalue weighted by atomic mass is 16.3. The van der Waals surface area contributed by atoms with Gasteiger partial charge in [-0.3, -0.25) is 0 Å². The Morgan fingerprint density at radius 3 is 2.64 bits per heavy atom. The van der Waals surface area contributed by atoms with Crippen molar-refractivity contribution < 1.29 is 9.67 Å². The Morgan fingerprint density at radius 1 is 1.14 bits per heavy atom. The largest absolute Gasteiger partial charge is 0.387 e. The number of nitrogens with zero attached hydrogens (tertiary/aromatic N) is 1. The van der Waals surface area contributed by atoms with Gasteiger partial charge in [-0.15, -0.1) is 0 Å². The van der Waals surface area contributed by atoms with Crippen molar-refractivity contribution in [2.75, 3.05) is 0 Å². The zero-order valence-corrected chi connectivity index (χ0v) is 13.6. The number of rotatable bonds is 8. The number of aromatic nitrogens is 1. The van der Waals surface area contributed by atoms with Crippen molar-refractivity contribution in [1.29, 1.82) is 0 Å². The van der Waals surface area contributed by atoms with Crippen LogP contribution in [0.1, 0.15) is 43.9 Å². The lowest BCUT2D eigenvalue weighted by atomic mass is 10.0. The molecule has 0 saturated heterocycles. The van der Waals surface area contributed by atoms with E-state index in [2.05, 4.69) is 41.3 Å². The number of hydrogen-bond acceptors (Lipinski definition) is 2. The average Bonchev–Trinajstić information content (AvgIpc) is 2.58. The number of nitrogens with one attached hydrogen (secondary N) is 1. The van der Waals surface area contributed by atoms with Crippen LogP contribution in [0.15, 0.2) is 54.9 Å². The minimum atomic E-state index is -0.489. The van der Waals surface area contributed by atoms with Gasteiger partial charge in [0.15, 0.2) is 12.4 Å². The molecule has 118 valence electrons. The van der Waals surface area contributed by atoms with Gasteiger partial charge in [-0.25, -0.2) is 4.57 Å². The third-order valence-corrected chi connectivity index (χ3v) is 3.93. The van der Waals surface area contributed by atoms with Crippen molar-refractivity contribution in [3.05, 3.63) is 66.0 Å². The molecule has 0 saturated carbocycles. The Morgan fingerprint density at radius 2 is 1.91 bits per heavy atom. The van der Waals surface area contributed by atoms with Gasteiger partial charge < -0.3 is 10.4 Å². The van der Waals surface area contributed by atoms with Crippen molar-refractivity contribution in [2.24, 2.45) is 0 Å². The molecular weight excluding hydrogens is 272 g/mol. The van der Waals surface area contributed by atoms with Crippen LogP contribution in [0.4, 0.5) is 0 Å². The van der Waals surface area contributed by atoms with Gasteiger partial charge in [-0.05, 0) is 18.6 Å². The molecule has 0 aliphatic carbocycles. The topological polar surface area (TPSA) is 36.1 Å². The van der Waals surface area contributed by atoms with Gasteiger partial charge in [-0.1, -0.05) is 43.7 Å². The third-order valence-electron chi connectivity index (χ3n) is 3.93. The molecule has 0 amide bonds. The van der Waals surface area contributed by atoms with E-state index in [1.54, 1.807) is 0 Å². The molecule has 22 heavy (non-hydrogen) atoms. The molecule has 0 radical (unpaired) electrons. The van der Waals surface area contributed by atoms with Gasteiger partial charge in [-0.2, -0.15) is 0 Å². The molecule has 1 aromatic heterocycles. The van der Waals surface area contributed by atoms with Gasteiger partial charge in [0.05, 0.1) is 6.10 Å². The van der Waals surface area contributed by atoms with Gasteiger partial charge in [0.25, 0.3) is 0 Å². The lowest BCUT2D eigenvalue weighted by Gasteiger charge is -2.20. The first kappa shape index (κ1) is 16.7. The third kappa shape index (κ3) is 4.93. The second-order valence-electron chi connectivity index (χ2n) is 5.83. The smallest absolute Gasteiger partial charge is 0.173 e. The number of aliphatic hydroxyl groups is 1. The molecule has 0 spiro atoms. The van der Waals surface area contributed by atoms with Crippen LogP contribution in [-0.4, -0.2) is 11.1 Å². The van der Waals surface area contributed by atoms with Crippen LogP contribution >= 0.6 is 0 Å². The van der Waals surface area contributed by atoms with Crippen molar-refractivity contribution in [2.45, 2.75) is 51.9 Å². The number of aryl methyl sites for hydroxylation is 1. The summed E-state index contributed by atoms with van der Waals surface area (Å²) in [6.07, 6.45) is 6.21. The first-order valence-corrected chi connectivity index (χ1v) is 8.15. The molecule has 1 aromatic carbocycles. The molecule has 0 fully saturated rings. The summed E-state index contributed by atoms with van der Waals surface area (Å²) in [5, 5.41) is 13.8. The maximum Gasteiger partial charge on any atom is 0.173 e. The average molecular weight is 299 g/mol. The first-order chi connectivity index (χ1) is 10.7. The number of benzene rings is 1. The maximum absolute atomic E-state index is 10.4. The highest BCUT2D eigenvalue weighted by Crippen LogP contribution is 2.16. The van der Waals surface area contributed by atoms with E-state index in [1.165, 1.54) is 18.4 Å². The molecule has 0 unspecified atom stereocenters. The standard InChI is InChI=1S/C19H27N2O/c1-3-4-12-21-13-8-9-17(15-21)14-20-16(2)19(22)18-10-6-5-7-11-18/h5-11,13,15-16,19-20,22H,3-4,12,14H2,1-2H3/q+1/t16-,19-/m0/s1. The summed E-state index contributed by atoms with van der Waals surface area (Å²) in [5.41, 5.74) is 2.19. The number of aliphatic hydroxyl groups excluding tert-OH is 1. The van der Waals surface area contributed by atoms with Crippen molar-refractivity contribution in [3.8, 4) is 0 Å². The second-order valence-corrected chi connectivity index (χ2v) is 5.83. The van der Waals surface area contributed by atoms with Crippen LogP contribution < -0.4 is 9.88 Å². The zero-order chi connectivity index (χ0) is 15.8. The maximum atomic E-state index is 10.4. The molecule has 3 heteroatoms. The highest BCUT2D eigenvalue weighted by Gasteiger charge is 2.15. The van der Waals surface area contributed by atoms with Crippen LogP contribution in [0.3, 0.4) is 0 Å². The van der Waals surface area contributed by atoms with Crippen LogP contribution in [0.5, 0.6) is 0 Å². The number of unbranched alkanes of at least 4 members (excludes halogenated alkanes) is 1. The fourth-order valence-corrected chi connectivity index (χ4v) is 2.49. The Labute approximate surface area is 133 Å². The fraction of sp³-hybridized carbons (Fsp3) is 0.421. The summed E-state index contributed by atoms with van der Waals surface area (Å²) in [6.45, 7) is 6.05. The van der Waals surface area contributed by atoms with E-state index in [9.17, 15) is 5.11 Å². The van der Waals surface area contributed by atoms with E-state index in [0.29, 0.717) is 0 Å². The summed E-state index contributed by atoms with van der Waals surface area (Å²) in [7, 11) is 0. The molecule has 2 atom stereocenters. The Bertz CT molecular complexity index is 556. The van der Waals surface area contributed by atoms with Gasteiger partial charge in [0, 0.05) is 30.6 Å². The fourth-order valence-electron chi connectivity index (χ4n) is 2.49.